The van der Waals surface area contributed by atoms with Crippen molar-refractivity contribution in [2.75, 3.05) is 20.1 Å². The highest BCUT2D eigenvalue weighted by atomic mass is 16.4. The van der Waals surface area contributed by atoms with Gasteiger partial charge in [-0.15, -0.1) is 0 Å². The highest BCUT2D eigenvalue weighted by molar-refractivity contribution is 5.70. The van der Waals surface area contributed by atoms with Crippen LogP contribution in [0.15, 0.2) is 30.3 Å². The fourth-order valence-electron chi connectivity index (χ4n) is 1.81. The van der Waals surface area contributed by atoms with Gasteiger partial charge in [0.2, 0.25) is 0 Å². The van der Waals surface area contributed by atoms with E-state index in [2.05, 4.69) is 17.0 Å². The van der Waals surface area contributed by atoms with Crippen molar-refractivity contribution in [3.63, 3.8) is 0 Å². The predicted octanol–water partition coefficient (Wildman–Crippen LogP) is 2.27. The fraction of sp³-hybridized carbons (Fsp3) is 0.500. The Morgan fingerprint density at radius 2 is 2.00 bits per heavy atom. The zero-order chi connectivity index (χ0) is 12.7. The largest absolute Gasteiger partial charge is 0.481 e. The number of benzene rings is 1. The molecule has 1 unspecified atom stereocenters. The van der Waals surface area contributed by atoms with E-state index in [0.717, 1.165) is 13.0 Å². The molecule has 0 fully saturated rings. The number of hydrogen-bond donors (Lipinski definition) is 1. The van der Waals surface area contributed by atoms with E-state index in [4.69, 9.17) is 5.11 Å². The molecular weight excluding hydrogens is 214 g/mol. The Labute approximate surface area is 103 Å². The molecule has 0 aromatic heterocycles. The van der Waals surface area contributed by atoms with Crippen molar-refractivity contribution < 1.29 is 9.90 Å². The lowest BCUT2D eigenvalue weighted by Gasteiger charge is -2.20. The lowest BCUT2D eigenvalue weighted by atomic mass is 10.1. The summed E-state index contributed by atoms with van der Waals surface area (Å²) >= 11 is 0. The Bertz CT molecular complexity index is 337. The third-order valence-corrected chi connectivity index (χ3v) is 3.00. The number of carboxylic acid groups (broad SMARTS) is 1. The van der Waals surface area contributed by atoms with Crippen molar-refractivity contribution in [3.8, 4) is 0 Å². The van der Waals surface area contributed by atoms with E-state index >= 15 is 0 Å². The van der Waals surface area contributed by atoms with Gasteiger partial charge in [-0.1, -0.05) is 37.3 Å². The molecule has 0 aliphatic heterocycles. The molecule has 0 aliphatic carbocycles. The highest BCUT2D eigenvalue weighted by Crippen LogP contribution is 2.06. The average Bonchev–Trinajstić information content (AvgIpc) is 2.34. The second-order valence-electron chi connectivity index (χ2n) is 4.44. The summed E-state index contributed by atoms with van der Waals surface area (Å²) in [6.07, 6.45) is 1.65. The molecule has 3 nitrogen and oxygen atoms in total. The van der Waals surface area contributed by atoms with E-state index in [1.54, 1.807) is 0 Å². The number of carbonyl (C=O) groups is 1. The van der Waals surface area contributed by atoms with E-state index in [0.29, 0.717) is 13.0 Å². The molecule has 94 valence electrons. The second-order valence-corrected chi connectivity index (χ2v) is 4.44. The first kappa shape index (κ1) is 13.7. The molecule has 0 saturated heterocycles. The highest BCUT2D eigenvalue weighted by Gasteiger charge is 2.16. The first-order chi connectivity index (χ1) is 8.13. The average molecular weight is 235 g/mol. The summed E-state index contributed by atoms with van der Waals surface area (Å²) in [5, 5.41) is 8.98. The maximum atomic E-state index is 10.9. The monoisotopic (exact) mass is 235 g/mol. The van der Waals surface area contributed by atoms with Crippen LogP contribution in [-0.4, -0.2) is 36.1 Å². The molecule has 0 amide bonds. The van der Waals surface area contributed by atoms with Crippen LogP contribution in [0.4, 0.5) is 0 Å². The third kappa shape index (κ3) is 5.00. The third-order valence-electron chi connectivity index (χ3n) is 3.00. The van der Waals surface area contributed by atoms with Gasteiger partial charge < -0.3 is 10.0 Å². The number of nitrogens with zero attached hydrogens (tertiary/aromatic N) is 1. The molecule has 0 spiro atoms. The van der Waals surface area contributed by atoms with Crippen LogP contribution in [0, 0.1) is 5.92 Å². The van der Waals surface area contributed by atoms with Crippen molar-refractivity contribution in [2.45, 2.75) is 19.8 Å². The van der Waals surface area contributed by atoms with Gasteiger partial charge in [0, 0.05) is 13.1 Å². The molecule has 0 aliphatic rings. The number of carboxylic acids is 1. The molecule has 1 aromatic carbocycles. The minimum Gasteiger partial charge on any atom is -0.481 e. The van der Waals surface area contributed by atoms with Gasteiger partial charge in [0.25, 0.3) is 0 Å². The van der Waals surface area contributed by atoms with Gasteiger partial charge in [0.05, 0.1) is 5.92 Å². The summed E-state index contributed by atoms with van der Waals surface area (Å²) < 4.78 is 0. The maximum Gasteiger partial charge on any atom is 0.307 e. The molecule has 0 heterocycles. The molecule has 1 N–H and O–H groups in total. The molecule has 1 atom stereocenters. The molecule has 0 saturated carbocycles. The lowest BCUT2D eigenvalue weighted by Crippen LogP contribution is -2.31. The summed E-state index contributed by atoms with van der Waals surface area (Å²) in [7, 11) is 1.98. The van der Waals surface area contributed by atoms with Crippen LogP contribution in [0.25, 0.3) is 0 Å². The zero-order valence-corrected chi connectivity index (χ0v) is 10.6. The minimum atomic E-state index is -0.695. The fourth-order valence-corrected chi connectivity index (χ4v) is 1.81. The van der Waals surface area contributed by atoms with E-state index < -0.39 is 5.97 Å². The summed E-state index contributed by atoms with van der Waals surface area (Å²) in [5.74, 6) is -0.949. The van der Waals surface area contributed by atoms with Gasteiger partial charge in [-0.2, -0.15) is 0 Å². The Hall–Kier alpha value is -1.35. The topological polar surface area (TPSA) is 40.5 Å². The number of likely N-dealkylation sites (N-methyl/N-ethyl adjacent to an activating group) is 1. The normalized spacial score (nSPS) is 12.6. The van der Waals surface area contributed by atoms with Crippen LogP contribution in [0.2, 0.25) is 0 Å². The van der Waals surface area contributed by atoms with Crippen molar-refractivity contribution in [1.82, 2.24) is 4.90 Å². The maximum absolute atomic E-state index is 10.9. The molecule has 0 bridgehead atoms. The lowest BCUT2D eigenvalue weighted by molar-refractivity contribution is -0.142. The number of aliphatic carboxylic acids is 1. The SMILES string of the molecule is CCC(CN(C)CCc1ccccc1)C(=O)O. The van der Waals surface area contributed by atoms with Crippen molar-refractivity contribution in [1.29, 1.82) is 0 Å². The molecule has 0 radical (unpaired) electrons. The standard InChI is InChI=1S/C14H21NO2/c1-3-13(14(16)17)11-15(2)10-9-12-7-5-4-6-8-12/h4-8,13H,3,9-11H2,1-2H3,(H,16,17). The number of hydrogen-bond acceptors (Lipinski definition) is 2. The van der Waals surface area contributed by atoms with E-state index in [1.165, 1.54) is 5.56 Å². The smallest absolute Gasteiger partial charge is 0.307 e. The van der Waals surface area contributed by atoms with E-state index in [-0.39, 0.29) is 5.92 Å². The molecule has 17 heavy (non-hydrogen) atoms. The van der Waals surface area contributed by atoms with Gasteiger partial charge in [0.15, 0.2) is 0 Å². The van der Waals surface area contributed by atoms with Gasteiger partial charge in [-0.05, 0) is 25.5 Å². The van der Waals surface area contributed by atoms with Gasteiger partial charge in [-0.3, -0.25) is 4.79 Å². The van der Waals surface area contributed by atoms with Crippen LogP contribution in [-0.2, 0) is 11.2 Å². The Morgan fingerprint density at radius 3 is 2.53 bits per heavy atom. The quantitative estimate of drug-likeness (QED) is 0.788. The molecule has 1 aromatic rings. The van der Waals surface area contributed by atoms with Crippen molar-refractivity contribution in [2.24, 2.45) is 5.92 Å². The van der Waals surface area contributed by atoms with Gasteiger partial charge in [-0.25, -0.2) is 0 Å². The second kappa shape index (κ2) is 7.07. The first-order valence-corrected chi connectivity index (χ1v) is 6.08. The summed E-state index contributed by atoms with van der Waals surface area (Å²) in [6.45, 7) is 3.44. The van der Waals surface area contributed by atoms with Crippen LogP contribution in [0.1, 0.15) is 18.9 Å². The van der Waals surface area contributed by atoms with Gasteiger partial charge >= 0.3 is 5.97 Å². The zero-order valence-electron chi connectivity index (χ0n) is 10.6. The van der Waals surface area contributed by atoms with Crippen LogP contribution < -0.4 is 0 Å². The van der Waals surface area contributed by atoms with Gasteiger partial charge in [0.1, 0.15) is 0 Å². The minimum absolute atomic E-state index is 0.254. The summed E-state index contributed by atoms with van der Waals surface area (Å²) in [5.41, 5.74) is 1.29. The van der Waals surface area contributed by atoms with Crippen LogP contribution in [0.5, 0.6) is 0 Å². The van der Waals surface area contributed by atoms with E-state index in [9.17, 15) is 4.79 Å². The van der Waals surface area contributed by atoms with Crippen LogP contribution >= 0.6 is 0 Å². The van der Waals surface area contributed by atoms with Crippen molar-refractivity contribution in [3.05, 3.63) is 35.9 Å². The first-order valence-electron chi connectivity index (χ1n) is 6.08. The Balaban J connectivity index is 2.34. The molecule has 1 rings (SSSR count). The van der Waals surface area contributed by atoms with Crippen LogP contribution in [0.3, 0.4) is 0 Å². The summed E-state index contributed by atoms with van der Waals surface area (Å²) in [6, 6.07) is 10.3. The van der Waals surface area contributed by atoms with Crippen molar-refractivity contribution >= 4 is 5.97 Å². The Morgan fingerprint density at radius 1 is 1.35 bits per heavy atom. The predicted molar refractivity (Wildman–Crippen MR) is 69.1 cm³/mol. The Kier molecular flexibility index (Phi) is 5.70. The van der Waals surface area contributed by atoms with E-state index in [1.807, 2.05) is 32.2 Å². The molecule has 3 heteroatoms. The summed E-state index contributed by atoms with van der Waals surface area (Å²) in [4.78, 5) is 13.0. The number of rotatable bonds is 7. The molecular formula is C14H21NO2.